The van der Waals surface area contributed by atoms with Gasteiger partial charge < -0.3 is 20.3 Å². The van der Waals surface area contributed by atoms with Crippen LogP contribution < -0.4 is 10.6 Å². The number of aromatic nitrogens is 3. The summed E-state index contributed by atoms with van der Waals surface area (Å²) in [4.78, 5) is 30.5. The fourth-order valence-electron chi connectivity index (χ4n) is 1.82. The minimum absolute atomic E-state index is 0.149. The van der Waals surface area contributed by atoms with Gasteiger partial charge in [0.1, 0.15) is 0 Å². The van der Waals surface area contributed by atoms with Gasteiger partial charge in [-0.1, -0.05) is 0 Å². The molecule has 2 amide bonds. The van der Waals surface area contributed by atoms with Crippen LogP contribution in [0.5, 0.6) is 0 Å². The molecule has 0 aromatic carbocycles. The average molecular weight is 289 g/mol. The number of carboxylic acids is 1. The van der Waals surface area contributed by atoms with Crippen molar-refractivity contribution in [2.24, 2.45) is 0 Å². The fourth-order valence-corrected chi connectivity index (χ4v) is 1.82. The number of amides is 2. The van der Waals surface area contributed by atoms with E-state index in [-0.39, 0.29) is 17.4 Å². The van der Waals surface area contributed by atoms with Gasteiger partial charge >= 0.3 is 12.0 Å². The Morgan fingerprint density at radius 1 is 1.43 bits per heavy atom. The number of carbonyl (C=O) groups is 2. The Hall–Kier alpha value is -2.90. The molecule has 0 radical (unpaired) electrons. The van der Waals surface area contributed by atoms with E-state index in [1.54, 1.807) is 24.8 Å². The predicted molar refractivity (Wildman–Crippen MR) is 75.0 cm³/mol. The molecule has 0 spiro atoms. The Morgan fingerprint density at radius 3 is 2.90 bits per heavy atom. The molecule has 1 unspecified atom stereocenters. The highest BCUT2D eigenvalue weighted by Gasteiger charge is 2.14. The zero-order chi connectivity index (χ0) is 15.2. The lowest BCUT2D eigenvalue weighted by atomic mass is 10.3. The fraction of sp³-hybridized carbons (Fsp3) is 0.231. The summed E-state index contributed by atoms with van der Waals surface area (Å²) in [6, 6.07) is 2.40. The molecular weight excluding hydrogens is 274 g/mol. The highest BCUT2D eigenvalue weighted by Crippen LogP contribution is 2.11. The van der Waals surface area contributed by atoms with Crippen molar-refractivity contribution in [1.29, 1.82) is 0 Å². The molecule has 8 nitrogen and oxygen atoms in total. The molecule has 0 fully saturated rings. The molecule has 2 aromatic heterocycles. The van der Waals surface area contributed by atoms with Crippen LogP contribution in [-0.4, -0.2) is 37.7 Å². The van der Waals surface area contributed by atoms with Crippen molar-refractivity contribution in [3.05, 3.63) is 42.7 Å². The van der Waals surface area contributed by atoms with E-state index >= 15 is 0 Å². The highest BCUT2D eigenvalue weighted by molar-refractivity contribution is 5.98. The second-order valence-corrected chi connectivity index (χ2v) is 4.46. The van der Waals surface area contributed by atoms with E-state index in [9.17, 15) is 9.59 Å². The summed E-state index contributed by atoms with van der Waals surface area (Å²) in [6.45, 7) is 2.40. The Bertz CT molecular complexity index is 626. The van der Waals surface area contributed by atoms with Gasteiger partial charge in [0.2, 0.25) is 0 Å². The summed E-state index contributed by atoms with van der Waals surface area (Å²) in [7, 11) is 0. The highest BCUT2D eigenvalue weighted by atomic mass is 16.4. The van der Waals surface area contributed by atoms with Crippen LogP contribution >= 0.6 is 0 Å². The lowest BCUT2D eigenvalue weighted by Gasteiger charge is -2.15. The Morgan fingerprint density at radius 2 is 2.24 bits per heavy atom. The Balaban J connectivity index is 1.94. The first-order valence-electron chi connectivity index (χ1n) is 6.28. The van der Waals surface area contributed by atoms with Crippen molar-refractivity contribution in [2.45, 2.75) is 19.5 Å². The number of hydrogen-bond donors (Lipinski definition) is 3. The van der Waals surface area contributed by atoms with Gasteiger partial charge in [-0.2, -0.15) is 0 Å². The lowest BCUT2D eigenvalue weighted by Crippen LogP contribution is -2.38. The number of urea groups is 1. The standard InChI is InChI=1S/C13H15N5O3/c1-9(7-18-6-5-14-8-18)16-13(21)17-10-3-2-4-15-11(10)12(19)20/h2-6,8-9H,7H2,1H3,(H,19,20)(H2,16,17,21). The smallest absolute Gasteiger partial charge is 0.356 e. The topological polar surface area (TPSA) is 109 Å². The van der Waals surface area contributed by atoms with Crippen LogP contribution in [0.2, 0.25) is 0 Å². The van der Waals surface area contributed by atoms with Crippen LogP contribution in [0.1, 0.15) is 17.4 Å². The monoisotopic (exact) mass is 289 g/mol. The Labute approximate surface area is 120 Å². The van der Waals surface area contributed by atoms with Gasteiger partial charge in [0.15, 0.2) is 5.69 Å². The molecule has 0 saturated heterocycles. The normalized spacial score (nSPS) is 11.7. The first-order valence-corrected chi connectivity index (χ1v) is 6.28. The number of nitrogens with one attached hydrogen (secondary N) is 2. The third-order valence-electron chi connectivity index (χ3n) is 2.68. The molecule has 21 heavy (non-hydrogen) atoms. The SMILES string of the molecule is CC(Cn1ccnc1)NC(=O)Nc1cccnc1C(=O)O. The number of nitrogens with zero attached hydrogens (tertiary/aromatic N) is 3. The molecule has 0 saturated carbocycles. The zero-order valence-electron chi connectivity index (χ0n) is 11.4. The van der Waals surface area contributed by atoms with E-state index in [1.165, 1.54) is 12.3 Å². The summed E-state index contributed by atoms with van der Waals surface area (Å²) >= 11 is 0. The molecule has 0 aliphatic carbocycles. The minimum atomic E-state index is -1.20. The summed E-state index contributed by atoms with van der Waals surface area (Å²) in [5.74, 6) is -1.20. The molecule has 0 bridgehead atoms. The molecule has 110 valence electrons. The number of aromatic carboxylic acids is 1. The maximum absolute atomic E-state index is 11.9. The number of anilines is 1. The number of rotatable bonds is 5. The van der Waals surface area contributed by atoms with Crippen LogP contribution in [-0.2, 0) is 6.54 Å². The van der Waals surface area contributed by atoms with Crippen molar-refractivity contribution in [3.8, 4) is 0 Å². The van der Waals surface area contributed by atoms with Gasteiger partial charge in [0.25, 0.3) is 0 Å². The first kappa shape index (κ1) is 14.5. The van der Waals surface area contributed by atoms with Gasteiger partial charge in [-0.25, -0.2) is 19.6 Å². The predicted octanol–water partition coefficient (Wildman–Crippen LogP) is 1.19. The summed E-state index contributed by atoms with van der Waals surface area (Å²) in [5, 5.41) is 14.2. The van der Waals surface area contributed by atoms with Crippen LogP contribution in [0.4, 0.5) is 10.5 Å². The van der Waals surface area contributed by atoms with Crippen LogP contribution in [0.15, 0.2) is 37.1 Å². The van der Waals surface area contributed by atoms with Gasteiger partial charge in [-0.15, -0.1) is 0 Å². The van der Waals surface area contributed by atoms with Crippen molar-refractivity contribution in [1.82, 2.24) is 19.9 Å². The molecule has 2 rings (SSSR count). The maximum Gasteiger partial charge on any atom is 0.356 e. The van der Waals surface area contributed by atoms with E-state index in [4.69, 9.17) is 5.11 Å². The van der Waals surface area contributed by atoms with Crippen molar-refractivity contribution < 1.29 is 14.7 Å². The number of hydrogen-bond acceptors (Lipinski definition) is 4. The minimum Gasteiger partial charge on any atom is -0.476 e. The molecule has 0 aliphatic rings. The quantitative estimate of drug-likeness (QED) is 0.766. The summed E-state index contributed by atoms with van der Waals surface area (Å²) in [5.41, 5.74) is -0.0488. The molecular formula is C13H15N5O3. The number of imidazole rings is 1. The van der Waals surface area contributed by atoms with Gasteiger partial charge in [-0.05, 0) is 19.1 Å². The second kappa shape index (κ2) is 6.51. The van der Waals surface area contributed by atoms with Crippen LogP contribution in [0.3, 0.4) is 0 Å². The molecule has 0 aliphatic heterocycles. The average Bonchev–Trinajstić information content (AvgIpc) is 2.91. The number of pyridine rings is 1. The van der Waals surface area contributed by atoms with Gasteiger partial charge in [-0.3, -0.25) is 0 Å². The largest absolute Gasteiger partial charge is 0.476 e. The molecule has 8 heteroatoms. The molecule has 3 N–H and O–H groups in total. The zero-order valence-corrected chi connectivity index (χ0v) is 11.4. The van der Waals surface area contributed by atoms with Crippen molar-refractivity contribution in [3.63, 3.8) is 0 Å². The van der Waals surface area contributed by atoms with Crippen LogP contribution in [0.25, 0.3) is 0 Å². The third kappa shape index (κ3) is 4.03. The summed E-state index contributed by atoms with van der Waals surface area (Å²) in [6.07, 6.45) is 6.45. The van der Waals surface area contributed by atoms with Gasteiger partial charge in [0, 0.05) is 31.2 Å². The van der Waals surface area contributed by atoms with E-state index < -0.39 is 12.0 Å². The van der Waals surface area contributed by atoms with Crippen molar-refractivity contribution >= 4 is 17.7 Å². The van der Waals surface area contributed by atoms with E-state index in [0.29, 0.717) is 6.54 Å². The maximum atomic E-state index is 11.9. The molecule has 2 heterocycles. The Kier molecular flexibility index (Phi) is 4.50. The first-order chi connectivity index (χ1) is 10.1. The van der Waals surface area contributed by atoms with Crippen molar-refractivity contribution in [2.75, 3.05) is 5.32 Å². The molecule has 1 atom stereocenters. The molecule has 2 aromatic rings. The van der Waals surface area contributed by atoms with E-state index in [2.05, 4.69) is 20.6 Å². The number of carboxylic acid groups (broad SMARTS) is 1. The second-order valence-electron chi connectivity index (χ2n) is 4.46. The third-order valence-corrected chi connectivity index (χ3v) is 2.68. The van der Waals surface area contributed by atoms with E-state index in [0.717, 1.165) is 0 Å². The lowest BCUT2D eigenvalue weighted by molar-refractivity contribution is 0.0692. The van der Waals surface area contributed by atoms with E-state index in [1.807, 2.05) is 11.5 Å². The van der Waals surface area contributed by atoms with Gasteiger partial charge in [0.05, 0.1) is 12.0 Å². The number of carbonyl (C=O) groups excluding carboxylic acids is 1. The summed E-state index contributed by atoms with van der Waals surface area (Å²) < 4.78 is 1.83. The van der Waals surface area contributed by atoms with Crippen LogP contribution in [0, 0.1) is 0 Å².